The molecule has 0 bridgehead atoms. The molecule has 3 nitrogen and oxygen atoms in total. The minimum absolute atomic E-state index is 0.701. The van der Waals surface area contributed by atoms with Crippen molar-refractivity contribution in [1.29, 1.82) is 0 Å². The normalized spacial score (nSPS) is 17.7. The summed E-state index contributed by atoms with van der Waals surface area (Å²) in [5.41, 5.74) is 1.19. The van der Waals surface area contributed by atoms with Crippen LogP contribution in [0.3, 0.4) is 0 Å². The topological polar surface area (TPSA) is 28.2 Å². The quantitative estimate of drug-likeness (QED) is 0.888. The second kappa shape index (κ2) is 6.53. The zero-order chi connectivity index (χ0) is 13.0. The molecule has 1 aliphatic rings. The van der Waals surface area contributed by atoms with E-state index < -0.39 is 0 Å². The molecule has 0 spiro atoms. The van der Waals surface area contributed by atoms with Crippen molar-refractivity contribution in [3.63, 3.8) is 0 Å². The number of hydrogen-bond donors (Lipinski definition) is 1. The van der Waals surface area contributed by atoms with E-state index in [9.17, 15) is 0 Å². The molecule has 1 aliphatic heterocycles. The fraction of sp³-hybridized carbons (Fsp3) is 0.786. The van der Waals surface area contributed by atoms with Gasteiger partial charge < -0.3 is 10.2 Å². The van der Waals surface area contributed by atoms with Gasteiger partial charge in [0.05, 0.1) is 5.69 Å². The highest BCUT2D eigenvalue weighted by atomic mass is 32.1. The summed E-state index contributed by atoms with van der Waals surface area (Å²) in [6.07, 6.45) is 2.61. The third-order valence-electron chi connectivity index (χ3n) is 3.45. The largest absolute Gasteiger partial charge is 0.348 e. The van der Waals surface area contributed by atoms with E-state index in [1.807, 2.05) is 0 Å². The van der Waals surface area contributed by atoms with Gasteiger partial charge in [-0.2, -0.15) is 0 Å². The van der Waals surface area contributed by atoms with Gasteiger partial charge in [-0.05, 0) is 31.2 Å². The molecule has 1 saturated heterocycles. The predicted molar refractivity (Wildman–Crippen MR) is 79.3 cm³/mol. The van der Waals surface area contributed by atoms with E-state index in [1.165, 1.54) is 36.8 Å². The number of nitrogens with zero attached hydrogens (tertiary/aromatic N) is 2. The Morgan fingerprint density at radius 2 is 2.17 bits per heavy atom. The fourth-order valence-corrected chi connectivity index (χ4v) is 3.09. The van der Waals surface area contributed by atoms with E-state index >= 15 is 0 Å². The fourth-order valence-electron chi connectivity index (χ4n) is 2.21. The first-order valence-corrected chi connectivity index (χ1v) is 7.93. The Kier molecular flexibility index (Phi) is 5.01. The zero-order valence-corrected chi connectivity index (χ0v) is 12.6. The summed E-state index contributed by atoms with van der Waals surface area (Å²) in [7, 11) is 0. The highest BCUT2D eigenvalue weighted by molar-refractivity contribution is 7.13. The molecule has 102 valence electrons. The van der Waals surface area contributed by atoms with Crippen LogP contribution < -0.4 is 10.2 Å². The summed E-state index contributed by atoms with van der Waals surface area (Å²) < 4.78 is 0. The zero-order valence-electron chi connectivity index (χ0n) is 11.8. The van der Waals surface area contributed by atoms with Crippen molar-refractivity contribution in [2.45, 2.75) is 40.2 Å². The smallest absolute Gasteiger partial charge is 0.185 e. The Morgan fingerprint density at radius 3 is 2.83 bits per heavy atom. The van der Waals surface area contributed by atoms with Gasteiger partial charge in [0, 0.05) is 25.0 Å². The molecule has 1 fully saturated rings. The first kappa shape index (κ1) is 13.8. The molecule has 0 saturated carbocycles. The Balaban J connectivity index is 1.82. The van der Waals surface area contributed by atoms with Crippen molar-refractivity contribution < 1.29 is 0 Å². The monoisotopic (exact) mass is 267 g/mol. The molecular weight excluding hydrogens is 242 g/mol. The third kappa shape index (κ3) is 3.95. The van der Waals surface area contributed by atoms with Gasteiger partial charge in [0.2, 0.25) is 0 Å². The Bertz CT molecular complexity index is 354. The average Bonchev–Trinajstić information content (AvgIpc) is 2.78. The number of rotatable bonds is 5. The molecule has 0 unspecified atom stereocenters. The van der Waals surface area contributed by atoms with Gasteiger partial charge >= 0.3 is 0 Å². The molecule has 1 aromatic heterocycles. The second-order valence-corrected chi connectivity index (χ2v) is 6.65. The Morgan fingerprint density at radius 1 is 1.44 bits per heavy atom. The van der Waals surface area contributed by atoms with E-state index in [0.717, 1.165) is 19.0 Å². The standard InChI is InChI=1S/C14H25N3S/c1-11(2)8-15-9-13-10-18-14(16-13)17-6-4-12(3)5-7-17/h10-12,15H,4-9H2,1-3H3. The van der Waals surface area contributed by atoms with Gasteiger partial charge in [-0.1, -0.05) is 20.8 Å². The summed E-state index contributed by atoms with van der Waals surface area (Å²) >= 11 is 1.79. The van der Waals surface area contributed by atoms with Gasteiger partial charge in [0.15, 0.2) is 5.13 Å². The lowest BCUT2D eigenvalue weighted by atomic mass is 10.00. The predicted octanol–water partition coefficient (Wildman–Crippen LogP) is 3.13. The van der Waals surface area contributed by atoms with Gasteiger partial charge in [-0.15, -0.1) is 11.3 Å². The van der Waals surface area contributed by atoms with E-state index in [2.05, 4.69) is 36.4 Å². The summed E-state index contributed by atoms with van der Waals surface area (Å²) in [6, 6.07) is 0. The summed E-state index contributed by atoms with van der Waals surface area (Å²) in [4.78, 5) is 7.18. The van der Waals surface area contributed by atoms with Crippen molar-refractivity contribution in [3.05, 3.63) is 11.1 Å². The number of anilines is 1. The number of thiazole rings is 1. The average molecular weight is 267 g/mol. The maximum Gasteiger partial charge on any atom is 0.185 e. The van der Waals surface area contributed by atoms with E-state index in [-0.39, 0.29) is 0 Å². The number of aromatic nitrogens is 1. The summed E-state index contributed by atoms with van der Waals surface area (Å²) in [6.45, 7) is 11.1. The van der Waals surface area contributed by atoms with Crippen molar-refractivity contribution in [2.24, 2.45) is 11.8 Å². The molecule has 18 heavy (non-hydrogen) atoms. The van der Waals surface area contributed by atoms with Crippen LogP contribution >= 0.6 is 11.3 Å². The van der Waals surface area contributed by atoms with Gasteiger partial charge in [-0.25, -0.2) is 4.98 Å². The number of nitrogens with one attached hydrogen (secondary N) is 1. The van der Waals surface area contributed by atoms with Crippen LogP contribution in [0.15, 0.2) is 5.38 Å². The number of hydrogen-bond acceptors (Lipinski definition) is 4. The molecule has 0 amide bonds. The van der Waals surface area contributed by atoms with Crippen molar-refractivity contribution in [3.8, 4) is 0 Å². The maximum absolute atomic E-state index is 4.74. The third-order valence-corrected chi connectivity index (χ3v) is 4.40. The lowest BCUT2D eigenvalue weighted by Crippen LogP contribution is -2.32. The van der Waals surface area contributed by atoms with Crippen molar-refractivity contribution in [1.82, 2.24) is 10.3 Å². The van der Waals surface area contributed by atoms with Crippen LogP contribution in [-0.4, -0.2) is 24.6 Å². The molecule has 0 aliphatic carbocycles. The first-order chi connectivity index (χ1) is 8.65. The molecule has 1 N–H and O–H groups in total. The van der Waals surface area contributed by atoms with Crippen LogP contribution in [0.2, 0.25) is 0 Å². The molecule has 2 heterocycles. The minimum Gasteiger partial charge on any atom is -0.348 e. The highest BCUT2D eigenvalue weighted by Gasteiger charge is 2.18. The molecule has 4 heteroatoms. The minimum atomic E-state index is 0.701. The summed E-state index contributed by atoms with van der Waals surface area (Å²) in [5.74, 6) is 1.58. The lowest BCUT2D eigenvalue weighted by Gasteiger charge is -2.29. The van der Waals surface area contributed by atoms with E-state index in [0.29, 0.717) is 5.92 Å². The Hall–Kier alpha value is -0.610. The van der Waals surface area contributed by atoms with Gasteiger partial charge in [0.1, 0.15) is 0 Å². The SMILES string of the molecule is CC(C)CNCc1csc(N2CCC(C)CC2)n1. The van der Waals surface area contributed by atoms with E-state index in [4.69, 9.17) is 4.98 Å². The van der Waals surface area contributed by atoms with Gasteiger partial charge in [0.25, 0.3) is 0 Å². The lowest BCUT2D eigenvalue weighted by molar-refractivity contribution is 0.438. The summed E-state index contributed by atoms with van der Waals surface area (Å²) in [5, 5.41) is 6.86. The van der Waals surface area contributed by atoms with Gasteiger partial charge in [-0.3, -0.25) is 0 Å². The number of piperidine rings is 1. The molecule has 2 rings (SSSR count). The highest BCUT2D eigenvalue weighted by Crippen LogP contribution is 2.25. The van der Waals surface area contributed by atoms with E-state index in [1.54, 1.807) is 11.3 Å². The van der Waals surface area contributed by atoms with Crippen LogP contribution in [0.25, 0.3) is 0 Å². The Labute approximate surface area is 115 Å². The van der Waals surface area contributed by atoms with Crippen LogP contribution in [0, 0.1) is 11.8 Å². The van der Waals surface area contributed by atoms with Crippen LogP contribution in [0.1, 0.15) is 39.3 Å². The molecule has 1 aromatic rings. The maximum atomic E-state index is 4.74. The van der Waals surface area contributed by atoms with Crippen molar-refractivity contribution >= 4 is 16.5 Å². The second-order valence-electron chi connectivity index (χ2n) is 5.82. The molecule has 0 aromatic carbocycles. The van der Waals surface area contributed by atoms with Crippen LogP contribution in [0.5, 0.6) is 0 Å². The van der Waals surface area contributed by atoms with Crippen molar-refractivity contribution in [2.75, 3.05) is 24.5 Å². The first-order valence-electron chi connectivity index (χ1n) is 7.05. The molecular formula is C14H25N3S. The van der Waals surface area contributed by atoms with Crippen LogP contribution in [-0.2, 0) is 6.54 Å². The van der Waals surface area contributed by atoms with Crippen LogP contribution in [0.4, 0.5) is 5.13 Å². The molecule has 0 radical (unpaired) electrons. The molecule has 0 atom stereocenters.